The van der Waals surface area contributed by atoms with Gasteiger partial charge in [-0.15, -0.1) is 0 Å². The zero-order valence-electron chi connectivity index (χ0n) is 22.4. The van der Waals surface area contributed by atoms with E-state index in [1.165, 1.54) is 26.2 Å². The van der Waals surface area contributed by atoms with Crippen LogP contribution in [0.3, 0.4) is 0 Å². The molecule has 4 aromatic rings. The number of aliphatic hydroxyl groups is 3. The normalized spacial score (nSPS) is 22.3. The largest absolute Gasteiger partial charge is 0.507 e. The van der Waals surface area contributed by atoms with E-state index < -0.39 is 47.8 Å². The fourth-order valence-corrected chi connectivity index (χ4v) is 4.60. The van der Waals surface area contributed by atoms with E-state index >= 15 is 0 Å². The number of aliphatic hydroxyl groups excluding tert-OH is 3. The number of phenols is 1. The van der Waals surface area contributed by atoms with E-state index in [1.807, 2.05) is 0 Å². The molecule has 0 radical (unpaired) electrons. The highest BCUT2D eigenvalue weighted by Crippen LogP contribution is 2.37. The van der Waals surface area contributed by atoms with Gasteiger partial charge in [0.1, 0.15) is 52.3 Å². The summed E-state index contributed by atoms with van der Waals surface area (Å²) in [4.78, 5) is 25.9. The number of rotatable bonds is 6. The van der Waals surface area contributed by atoms with Gasteiger partial charge in [0.05, 0.1) is 7.11 Å². The fraction of sp³-hybridized carbons (Fsp3) is 0.267. The highest BCUT2D eigenvalue weighted by atomic mass is 16.7. The number of para-hydroxylation sites is 1. The summed E-state index contributed by atoms with van der Waals surface area (Å²) in [5, 5.41) is 45.0. The van der Waals surface area contributed by atoms with Crippen molar-refractivity contribution in [3.8, 4) is 28.6 Å². The standard InChI is InChI=1S/C30H29NO10/c1-14-6-4-5-7-18(14)31-29(37)28-26(35)25(34)27(36)30(41-28)40-20-13-22-23(24(33)15(20)2)19(32)12-21(39-22)16-8-10-17(38-3)11-9-16/h4-13,25-28,30,33-36H,1-3H3,(H,31,37). The number of methoxy groups -OCH3 is 1. The van der Waals surface area contributed by atoms with E-state index in [0.717, 1.165) is 5.56 Å². The molecule has 0 spiro atoms. The fourth-order valence-electron chi connectivity index (χ4n) is 4.60. The topological polar surface area (TPSA) is 168 Å². The van der Waals surface area contributed by atoms with E-state index in [0.29, 0.717) is 17.0 Å². The predicted molar refractivity (Wildman–Crippen MR) is 148 cm³/mol. The second-order valence-corrected chi connectivity index (χ2v) is 9.74. The number of carbonyl (C=O) groups is 1. The van der Waals surface area contributed by atoms with Gasteiger partial charge < -0.3 is 44.4 Å². The van der Waals surface area contributed by atoms with Crippen LogP contribution in [0.25, 0.3) is 22.3 Å². The van der Waals surface area contributed by atoms with Gasteiger partial charge in [-0.2, -0.15) is 0 Å². The molecule has 214 valence electrons. The number of aryl methyl sites for hydroxylation is 1. The summed E-state index contributed by atoms with van der Waals surface area (Å²) in [7, 11) is 1.53. The van der Waals surface area contributed by atoms with Gasteiger partial charge in [0, 0.05) is 28.9 Å². The Labute approximate surface area is 234 Å². The predicted octanol–water partition coefficient (Wildman–Crippen LogP) is 2.62. The van der Waals surface area contributed by atoms with Gasteiger partial charge in [-0.25, -0.2) is 0 Å². The average Bonchev–Trinajstić information content (AvgIpc) is 2.96. The third kappa shape index (κ3) is 5.35. The summed E-state index contributed by atoms with van der Waals surface area (Å²) < 4.78 is 22.5. The lowest BCUT2D eigenvalue weighted by molar-refractivity contribution is -0.265. The minimum atomic E-state index is -1.80. The lowest BCUT2D eigenvalue weighted by atomic mass is 9.98. The molecule has 0 bridgehead atoms. The van der Waals surface area contributed by atoms with Gasteiger partial charge in [0.15, 0.2) is 11.5 Å². The van der Waals surface area contributed by atoms with E-state index in [-0.39, 0.29) is 28.0 Å². The van der Waals surface area contributed by atoms with Crippen LogP contribution in [-0.2, 0) is 9.53 Å². The first kappa shape index (κ1) is 28.1. The molecule has 3 aromatic carbocycles. The summed E-state index contributed by atoms with van der Waals surface area (Å²) in [6.45, 7) is 3.26. The lowest BCUT2D eigenvalue weighted by Gasteiger charge is -2.39. The number of benzene rings is 3. The van der Waals surface area contributed by atoms with Gasteiger partial charge in [0.2, 0.25) is 6.29 Å². The molecule has 1 fully saturated rings. The van der Waals surface area contributed by atoms with Gasteiger partial charge in [-0.1, -0.05) is 18.2 Å². The van der Waals surface area contributed by atoms with Crippen LogP contribution >= 0.6 is 0 Å². The molecule has 1 amide bonds. The molecule has 5 rings (SSSR count). The van der Waals surface area contributed by atoms with Crippen molar-refractivity contribution in [2.45, 2.75) is 44.6 Å². The number of hydrogen-bond donors (Lipinski definition) is 5. The van der Waals surface area contributed by atoms with Crippen LogP contribution < -0.4 is 20.2 Å². The first-order chi connectivity index (χ1) is 19.6. The maximum Gasteiger partial charge on any atom is 0.256 e. The monoisotopic (exact) mass is 563 g/mol. The summed E-state index contributed by atoms with van der Waals surface area (Å²) in [6, 6.07) is 16.4. The van der Waals surface area contributed by atoms with Gasteiger partial charge in [-0.05, 0) is 49.7 Å². The minimum absolute atomic E-state index is 0.0128. The van der Waals surface area contributed by atoms with E-state index in [2.05, 4.69) is 5.32 Å². The zero-order valence-corrected chi connectivity index (χ0v) is 22.4. The Kier molecular flexibility index (Phi) is 7.70. The number of phenolic OH excluding ortho intramolecular Hbond substituents is 1. The smallest absolute Gasteiger partial charge is 0.256 e. The maximum atomic E-state index is 13.0. The van der Waals surface area contributed by atoms with Crippen molar-refractivity contribution in [1.82, 2.24) is 0 Å². The van der Waals surface area contributed by atoms with Crippen LogP contribution in [0.2, 0.25) is 0 Å². The maximum absolute atomic E-state index is 13.0. The highest BCUT2D eigenvalue weighted by Gasteiger charge is 2.48. The summed E-state index contributed by atoms with van der Waals surface area (Å²) in [5.74, 6) is -0.382. The van der Waals surface area contributed by atoms with E-state index in [1.54, 1.807) is 55.5 Å². The van der Waals surface area contributed by atoms with Gasteiger partial charge in [-0.3, -0.25) is 9.59 Å². The second-order valence-electron chi connectivity index (χ2n) is 9.74. The average molecular weight is 564 g/mol. The number of nitrogens with one attached hydrogen (secondary N) is 1. The van der Waals surface area contributed by atoms with Crippen LogP contribution in [0, 0.1) is 13.8 Å². The SMILES string of the molecule is COc1ccc(-c2cc(=O)c3c(O)c(C)c(OC4OC(C(=O)Nc5ccccc5C)C(O)C(O)C4O)cc3o2)cc1. The van der Waals surface area contributed by atoms with Crippen molar-refractivity contribution < 1.29 is 43.8 Å². The molecular formula is C30H29NO10. The molecule has 2 heterocycles. The number of carbonyl (C=O) groups excluding carboxylic acids is 1. The van der Waals surface area contributed by atoms with Gasteiger partial charge in [0.25, 0.3) is 5.91 Å². The Morgan fingerprint density at radius 3 is 2.34 bits per heavy atom. The molecule has 5 N–H and O–H groups in total. The summed E-state index contributed by atoms with van der Waals surface area (Å²) in [5.41, 5.74) is 1.43. The Balaban J connectivity index is 1.46. The molecule has 11 heteroatoms. The molecule has 11 nitrogen and oxygen atoms in total. The molecule has 5 unspecified atom stereocenters. The first-order valence-electron chi connectivity index (χ1n) is 12.8. The summed E-state index contributed by atoms with van der Waals surface area (Å²) >= 11 is 0. The number of ether oxygens (including phenoxy) is 3. The van der Waals surface area contributed by atoms with Crippen LogP contribution in [-0.4, -0.2) is 64.1 Å². The Hall–Kier alpha value is -4.42. The molecule has 0 saturated carbocycles. The molecule has 1 saturated heterocycles. The lowest BCUT2D eigenvalue weighted by Crippen LogP contribution is -2.62. The molecule has 1 aliphatic rings. The number of aromatic hydroxyl groups is 1. The number of anilines is 1. The van der Waals surface area contributed by atoms with Gasteiger partial charge >= 0.3 is 0 Å². The number of amides is 1. The third-order valence-electron chi connectivity index (χ3n) is 7.05. The quantitative estimate of drug-likeness (QED) is 0.235. The Bertz CT molecular complexity index is 1650. The van der Waals surface area contributed by atoms with Crippen LogP contribution in [0.15, 0.2) is 69.9 Å². The number of hydrogen-bond acceptors (Lipinski definition) is 10. The molecule has 1 aliphatic heterocycles. The molecule has 0 aliphatic carbocycles. The number of fused-ring (bicyclic) bond motifs is 1. The third-order valence-corrected chi connectivity index (χ3v) is 7.05. The molecule has 41 heavy (non-hydrogen) atoms. The van der Waals surface area contributed by atoms with Crippen molar-refractivity contribution in [1.29, 1.82) is 0 Å². The van der Waals surface area contributed by atoms with E-state index in [9.17, 15) is 30.0 Å². The molecule has 5 atom stereocenters. The van der Waals surface area contributed by atoms with Crippen molar-refractivity contribution in [3.05, 3.63) is 82.0 Å². The van der Waals surface area contributed by atoms with E-state index in [4.69, 9.17) is 18.6 Å². The first-order valence-corrected chi connectivity index (χ1v) is 12.8. The zero-order chi connectivity index (χ0) is 29.4. The van der Waals surface area contributed by atoms with Crippen molar-refractivity contribution in [2.24, 2.45) is 0 Å². The van der Waals surface area contributed by atoms with Crippen molar-refractivity contribution in [3.63, 3.8) is 0 Å². The van der Waals surface area contributed by atoms with Crippen LogP contribution in [0.5, 0.6) is 17.2 Å². The van der Waals surface area contributed by atoms with Crippen LogP contribution in [0.4, 0.5) is 5.69 Å². The highest BCUT2D eigenvalue weighted by molar-refractivity contribution is 5.95. The van der Waals surface area contributed by atoms with Crippen molar-refractivity contribution >= 4 is 22.6 Å². The molecule has 1 aromatic heterocycles. The summed E-state index contributed by atoms with van der Waals surface area (Å²) in [6.07, 6.45) is -8.55. The Morgan fingerprint density at radius 2 is 1.66 bits per heavy atom. The second kappa shape index (κ2) is 11.2. The molecular weight excluding hydrogens is 534 g/mol. The minimum Gasteiger partial charge on any atom is -0.507 e. The van der Waals surface area contributed by atoms with Crippen LogP contribution in [0.1, 0.15) is 11.1 Å². The Morgan fingerprint density at radius 1 is 0.951 bits per heavy atom. The van der Waals surface area contributed by atoms with Crippen molar-refractivity contribution in [2.75, 3.05) is 12.4 Å².